The number of carbonyl (C=O) groups excluding carboxylic acids is 2. The number of nitrogens with zero attached hydrogens (tertiary/aromatic N) is 4. The van der Waals surface area contributed by atoms with Crippen molar-refractivity contribution in [3.8, 4) is 11.3 Å². The van der Waals surface area contributed by atoms with E-state index in [0.717, 1.165) is 78.6 Å². The number of nitrogens with one attached hydrogen (secondary N) is 1. The molecule has 2 aromatic heterocycles. The Morgan fingerprint density at radius 1 is 1.19 bits per heavy atom. The summed E-state index contributed by atoms with van der Waals surface area (Å²) in [4.78, 5) is 36.0. The lowest BCUT2D eigenvalue weighted by Gasteiger charge is -2.26. The van der Waals surface area contributed by atoms with Crippen LogP contribution in [0, 0.1) is 12.8 Å². The van der Waals surface area contributed by atoms with Gasteiger partial charge in [0.1, 0.15) is 17.8 Å². The Bertz CT molecular complexity index is 1440. The highest BCUT2D eigenvalue weighted by molar-refractivity contribution is 6.05. The average molecular weight is 499 g/mol. The molecule has 192 valence electrons. The van der Waals surface area contributed by atoms with E-state index in [1.165, 1.54) is 11.9 Å². The van der Waals surface area contributed by atoms with Crippen molar-refractivity contribution in [3.05, 3.63) is 53.9 Å². The number of carbonyl (C=O) groups is 2. The van der Waals surface area contributed by atoms with Gasteiger partial charge in [0.25, 0.3) is 5.91 Å². The number of aromatic nitrogens is 3. The molecule has 0 unspecified atom stereocenters. The van der Waals surface area contributed by atoms with Crippen LogP contribution in [-0.2, 0) is 16.6 Å². The smallest absolute Gasteiger partial charge is 0.250 e. The predicted octanol–water partition coefficient (Wildman–Crippen LogP) is 4.85. The molecule has 3 N–H and O–H groups in total. The average Bonchev–Trinajstić information content (AvgIpc) is 3.52. The highest BCUT2D eigenvalue weighted by Gasteiger charge is 2.31. The van der Waals surface area contributed by atoms with E-state index >= 15 is 0 Å². The van der Waals surface area contributed by atoms with Crippen LogP contribution in [0.3, 0.4) is 0 Å². The molecule has 1 fully saturated rings. The summed E-state index contributed by atoms with van der Waals surface area (Å²) in [5.41, 5.74) is 13.6. The van der Waals surface area contributed by atoms with Crippen LogP contribution in [0.2, 0.25) is 0 Å². The second-order valence-corrected chi connectivity index (χ2v) is 10.2. The molecule has 0 spiro atoms. The zero-order chi connectivity index (χ0) is 26.3. The van der Waals surface area contributed by atoms with Crippen LogP contribution in [0.5, 0.6) is 0 Å². The molecule has 37 heavy (non-hydrogen) atoms. The van der Waals surface area contributed by atoms with Crippen molar-refractivity contribution in [1.82, 2.24) is 19.4 Å². The fraction of sp³-hybridized carbons (Fsp3) is 0.379. The zero-order valence-electron chi connectivity index (χ0n) is 21.8. The maximum Gasteiger partial charge on any atom is 0.250 e. The van der Waals surface area contributed by atoms with E-state index in [1.807, 2.05) is 37.1 Å². The Balaban J connectivity index is 1.56. The Labute approximate surface area is 217 Å². The van der Waals surface area contributed by atoms with Gasteiger partial charge < -0.3 is 20.5 Å². The number of likely N-dealkylation sites (tertiary alicyclic amines) is 1. The van der Waals surface area contributed by atoms with Crippen LogP contribution in [0.4, 0.5) is 11.5 Å². The number of aryl methyl sites for hydroxylation is 2. The van der Waals surface area contributed by atoms with Crippen LogP contribution < -0.4 is 11.1 Å². The number of allylic oxidation sites excluding steroid dienone is 2. The minimum atomic E-state index is -0.203. The van der Waals surface area contributed by atoms with Gasteiger partial charge in [-0.25, -0.2) is 9.97 Å². The molecule has 8 nitrogen and oxygen atoms in total. The van der Waals surface area contributed by atoms with Gasteiger partial charge in [-0.2, -0.15) is 0 Å². The zero-order valence-corrected chi connectivity index (χ0v) is 21.8. The summed E-state index contributed by atoms with van der Waals surface area (Å²) in [6, 6.07) is 5.89. The molecule has 0 bridgehead atoms. The van der Waals surface area contributed by atoms with Crippen molar-refractivity contribution < 1.29 is 9.59 Å². The molecule has 2 aliphatic rings. The van der Waals surface area contributed by atoms with Gasteiger partial charge in [0.15, 0.2) is 0 Å². The van der Waals surface area contributed by atoms with Gasteiger partial charge in [-0.1, -0.05) is 18.7 Å². The molecule has 3 heterocycles. The molecule has 1 aromatic carbocycles. The summed E-state index contributed by atoms with van der Waals surface area (Å²) in [6.45, 7) is 9.20. The summed E-state index contributed by atoms with van der Waals surface area (Å²) in [5, 5.41) is 3.74. The maximum atomic E-state index is 13.0. The Morgan fingerprint density at radius 3 is 2.59 bits per heavy atom. The van der Waals surface area contributed by atoms with E-state index in [9.17, 15) is 9.59 Å². The van der Waals surface area contributed by atoms with Gasteiger partial charge in [-0.15, -0.1) is 0 Å². The second kappa shape index (κ2) is 9.84. The first-order valence-corrected chi connectivity index (χ1v) is 12.9. The van der Waals surface area contributed by atoms with Crippen molar-refractivity contribution >= 4 is 39.9 Å². The van der Waals surface area contributed by atoms with Gasteiger partial charge in [0.05, 0.1) is 11.1 Å². The quantitative estimate of drug-likeness (QED) is 0.489. The SMILES string of the molecule is C=C(C)C(=O)Nc1ccc(-c2c(C3=CC[C@@H](C(=O)N4CCCC4)CC3)c3c(N)ncnc3n2C)c(C)c1. The minimum absolute atomic E-state index is 0.0341. The topological polar surface area (TPSA) is 106 Å². The molecule has 3 aromatic rings. The van der Waals surface area contributed by atoms with Crippen LogP contribution in [0.15, 0.2) is 42.8 Å². The molecule has 0 saturated carbocycles. The van der Waals surface area contributed by atoms with E-state index in [2.05, 4.69) is 32.5 Å². The fourth-order valence-electron chi connectivity index (χ4n) is 5.63. The first-order chi connectivity index (χ1) is 17.8. The van der Waals surface area contributed by atoms with E-state index in [1.54, 1.807) is 6.92 Å². The Morgan fingerprint density at radius 2 is 1.95 bits per heavy atom. The molecule has 8 heteroatoms. The third-order valence-electron chi connectivity index (χ3n) is 7.62. The maximum absolute atomic E-state index is 13.0. The lowest BCUT2D eigenvalue weighted by molar-refractivity contribution is -0.134. The number of hydrogen-bond donors (Lipinski definition) is 2. The normalized spacial score (nSPS) is 17.6. The highest BCUT2D eigenvalue weighted by atomic mass is 16.2. The number of hydrogen-bond acceptors (Lipinski definition) is 5. The van der Waals surface area contributed by atoms with Crippen LogP contribution >= 0.6 is 0 Å². The minimum Gasteiger partial charge on any atom is -0.383 e. The number of fused-ring (bicyclic) bond motifs is 1. The third kappa shape index (κ3) is 4.52. The van der Waals surface area contributed by atoms with Gasteiger partial charge >= 0.3 is 0 Å². The van der Waals surface area contributed by atoms with E-state index in [4.69, 9.17) is 5.73 Å². The van der Waals surface area contributed by atoms with Gasteiger partial charge in [-0.05, 0) is 69.2 Å². The molecule has 5 rings (SSSR count). The summed E-state index contributed by atoms with van der Waals surface area (Å²) in [7, 11) is 1.99. The lowest BCUT2D eigenvalue weighted by atomic mass is 9.84. The molecule has 2 amide bonds. The number of anilines is 2. The summed E-state index contributed by atoms with van der Waals surface area (Å²) >= 11 is 0. The van der Waals surface area contributed by atoms with Gasteiger partial charge in [0, 0.05) is 48.4 Å². The number of amides is 2. The molecule has 1 saturated heterocycles. The molecular weight excluding hydrogens is 464 g/mol. The Hall–Kier alpha value is -3.94. The van der Waals surface area contributed by atoms with Gasteiger partial charge in [0.2, 0.25) is 5.91 Å². The van der Waals surface area contributed by atoms with Crippen molar-refractivity contribution in [1.29, 1.82) is 0 Å². The van der Waals surface area contributed by atoms with E-state index < -0.39 is 0 Å². The number of nitrogens with two attached hydrogens (primary N) is 1. The highest BCUT2D eigenvalue weighted by Crippen LogP contribution is 2.44. The molecular formula is C29H34N6O2. The van der Waals surface area contributed by atoms with Gasteiger partial charge in [-0.3, -0.25) is 9.59 Å². The molecule has 1 aliphatic heterocycles. The lowest BCUT2D eigenvalue weighted by Crippen LogP contribution is -2.34. The first-order valence-electron chi connectivity index (χ1n) is 12.9. The van der Waals surface area contributed by atoms with Crippen molar-refractivity contribution in [2.75, 3.05) is 24.1 Å². The number of benzene rings is 1. The standard InChI is InChI=1S/C29H34N6O2/c1-17(2)28(36)33-21-11-12-22(18(3)15-21)25-23(24-26(30)31-16-32-27(24)34(25)4)19-7-9-20(10-8-19)29(37)35-13-5-6-14-35/h7,11-12,15-16,20H,1,5-6,8-10,13-14H2,2-4H3,(H,33,36)(H2,30,31,32)/t20-/m1/s1. The van der Waals surface area contributed by atoms with Crippen molar-refractivity contribution in [3.63, 3.8) is 0 Å². The summed E-state index contributed by atoms with van der Waals surface area (Å²) < 4.78 is 2.07. The monoisotopic (exact) mass is 498 g/mol. The van der Waals surface area contributed by atoms with Crippen molar-refractivity contribution in [2.24, 2.45) is 13.0 Å². The van der Waals surface area contributed by atoms with Crippen LogP contribution in [-0.4, -0.2) is 44.3 Å². The summed E-state index contributed by atoms with van der Waals surface area (Å²) in [5.74, 6) is 0.566. The van der Waals surface area contributed by atoms with Crippen LogP contribution in [0.25, 0.3) is 27.9 Å². The largest absolute Gasteiger partial charge is 0.383 e. The predicted molar refractivity (Wildman–Crippen MR) is 148 cm³/mol. The fourth-order valence-corrected chi connectivity index (χ4v) is 5.63. The second-order valence-electron chi connectivity index (χ2n) is 10.2. The third-order valence-corrected chi connectivity index (χ3v) is 7.62. The number of nitrogen functional groups attached to an aromatic ring is 1. The van der Waals surface area contributed by atoms with Crippen molar-refractivity contribution in [2.45, 2.75) is 46.0 Å². The summed E-state index contributed by atoms with van der Waals surface area (Å²) in [6.07, 6.45) is 8.24. The first kappa shape index (κ1) is 24.7. The van der Waals surface area contributed by atoms with Crippen LogP contribution in [0.1, 0.15) is 50.2 Å². The van der Waals surface area contributed by atoms with E-state index in [0.29, 0.717) is 17.1 Å². The molecule has 1 aliphatic carbocycles. The van der Waals surface area contributed by atoms with E-state index in [-0.39, 0.29) is 17.7 Å². The molecule has 1 atom stereocenters. The Kier molecular flexibility index (Phi) is 6.58. The number of rotatable bonds is 5. The molecule has 0 radical (unpaired) electrons.